The first-order valence-corrected chi connectivity index (χ1v) is 9.31. The Kier molecular flexibility index (Phi) is 5.27. The van der Waals surface area contributed by atoms with Crippen molar-refractivity contribution in [3.63, 3.8) is 0 Å². The van der Waals surface area contributed by atoms with Crippen LogP contribution in [0, 0.1) is 5.41 Å². The Balaban J connectivity index is 1.99. The minimum absolute atomic E-state index is 0.0838. The van der Waals surface area contributed by atoms with Crippen molar-refractivity contribution >= 4 is 10.0 Å². The summed E-state index contributed by atoms with van der Waals surface area (Å²) in [5.74, 6) is 0. The third-order valence-electron chi connectivity index (χ3n) is 4.80. The van der Waals surface area contributed by atoms with Crippen LogP contribution in [0.3, 0.4) is 0 Å². The molecule has 1 aliphatic rings. The van der Waals surface area contributed by atoms with Crippen LogP contribution < -0.4 is 10.5 Å². The third kappa shape index (κ3) is 4.07. The van der Waals surface area contributed by atoms with E-state index in [1.165, 1.54) is 12.1 Å². The molecule has 2 rings (SSSR count). The first-order chi connectivity index (χ1) is 10.2. The Hall–Kier alpha value is -0.950. The second-order valence-corrected chi connectivity index (χ2v) is 8.19. The number of nitrogens with one attached hydrogen (secondary N) is 1. The summed E-state index contributed by atoms with van der Waals surface area (Å²) in [7, 11) is -3.65. The maximum atomic E-state index is 11.3. The maximum absolute atomic E-state index is 11.3. The van der Waals surface area contributed by atoms with Gasteiger partial charge in [0, 0.05) is 18.0 Å². The molecule has 3 atom stereocenters. The largest absolute Gasteiger partial charge is 0.393 e. The van der Waals surface area contributed by atoms with E-state index in [-0.39, 0.29) is 22.5 Å². The number of hydrogen-bond donors (Lipinski definition) is 3. The van der Waals surface area contributed by atoms with Gasteiger partial charge in [-0.3, -0.25) is 0 Å². The zero-order chi connectivity index (χ0) is 16.4. The molecule has 6 heteroatoms. The SMILES string of the molecule is CC(NCC1(C)CCCCC1O)c1ccc(S(N)(=O)=O)cc1. The van der Waals surface area contributed by atoms with Crippen LogP contribution in [0.15, 0.2) is 29.2 Å². The average Bonchev–Trinajstić information content (AvgIpc) is 2.47. The van der Waals surface area contributed by atoms with Crippen LogP contribution in [-0.2, 0) is 10.0 Å². The van der Waals surface area contributed by atoms with Gasteiger partial charge in [0.25, 0.3) is 0 Å². The molecule has 0 amide bonds. The van der Waals surface area contributed by atoms with Crippen LogP contribution in [0.2, 0.25) is 0 Å². The van der Waals surface area contributed by atoms with Gasteiger partial charge in [0.2, 0.25) is 10.0 Å². The number of rotatable bonds is 5. The minimum atomic E-state index is -3.65. The second-order valence-electron chi connectivity index (χ2n) is 6.63. The van der Waals surface area contributed by atoms with Gasteiger partial charge in [-0.25, -0.2) is 13.6 Å². The summed E-state index contributed by atoms with van der Waals surface area (Å²) in [5, 5.41) is 18.8. The van der Waals surface area contributed by atoms with Crippen molar-refractivity contribution in [2.45, 2.75) is 56.6 Å². The summed E-state index contributed by atoms with van der Waals surface area (Å²) in [6, 6.07) is 6.69. The van der Waals surface area contributed by atoms with Crippen LogP contribution in [0.25, 0.3) is 0 Å². The van der Waals surface area contributed by atoms with Gasteiger partial charge in [-0.2, -0.15) is 0 Å². The highest BCUT2D eigenvalue weighted by Crippen LogP contribution is 2.36. The molecule has 1 saturated carbocycles. The van der Waals surface area contributed by atoms with Crippen LogP contribution in [0.4, 0.5) is 0 Å². The van der Waals surface area contributed by atoms with Gasteiger partial charge in [0.1, 0.15) is 0 Å². The molecule has 22 heavy (non-hydrogen) atoms. The van der Waals surface area contributed by atoms with Gasteiger partial charge in [-0.05, 0) is 37.5 Å². The lowest BCUT2D eigenvalue weighted by molar-refractivity contribution is -0.0000136. The molecule has 0 radical (unpaired) electrons. The van der Waals surface area contributed by atoms with E-state index in [2.05, 4.69) is 12.2 Å². The zero-order valence-corrected chi connectivity index (χ0v) is 14.1. The van der Waals surface area contributed by atoms with E-state index in [4.69, 9.17) is 5.14 Å². The summed E-state index contributed by atoms with van der Waals surface area (Å²) >= 11 is 0. The van der Waals surface area contributed by atoms with Crippen LogP contribution in [0.1, 0.15) is 51.1 Å². The summed E-state index contributed by atoms with van der Waals surface area (Å²) in [6.45, 7) is 4.90. The Morgan fingerprint density at radius 1 is 1.36 bits per heavy atom. The number of benzene rings is 1. The van der Waals surface area contributed by atoms with Crippen molar-refractivity contribution < 1.29 is 13.5 Å². The quantitative estimate of drug-likeness (QED) is 0.771. The molecule has 0 heterocycles. The maximum Gasteiger partial charge on any atom is 0.238 e. The summed E-state index contributed by atoms with van der Waals surface area (Å²) < 4.78 is 22.5. The second kappa shape index (κ2) is 6.66. The average molecular weight is 326 g/mol. The molecule has 0 aliphatic heterocycles. The van der Waals surface area contributed by atoms with Crippen LogP contribution in [0.5, 0.6) is 0 Å². The van der Waals surface area contributed by atoms with E-state index >= 15 is 0 Å². The fourth-order valence-electron chi connectivity index (χ4n) is 3.04. The molecule has 5 nitrogen and oxygen atoms in total. The summed E-state index contributed by atoms with van der Waals surface area (Å²) in [6.07, 6.45) is 3.90. The van der Waals surface area contributed by atoms with Crippen molar-refractivity contribution in [3.8, 4) is 0 Å². The van der Waals surface area contributed by atoms with E-state index in [0.717, 1.165) is 37.8 Å². The van der Waals surface area contributed by atoms with Crippen LogP contribution >= 0.6 is 0 Å². The first-order valence-electron chi connectivity index (χ1n) is 7.77. The molecule has 0 saturated heterocycles. The standard InChI is InChI=1S/C16H26N2O3S/c1-12(13-6-8-14(9-7-13)22(17,20)21)18-11-16(2)10-4-3-5-15(16)19/h6-9,12,15,18-19H,3-5,10-11H2,1-2H3,(H2,17,20,21). The lowest BCUT2D eigenvalue weighted by atomic mass is 9.73. The monoisotopic (exact) mass is 326 g/mol. The summed E-state index contributed by atoms with van der Waals surface area (Å²) in [4.78, 5) is 0.123. The number of aliphatic hydroxyl groups excluding tert-OH is 1. The normalized spacial score (nSPS) is 27.5. The van der Waals surface area contributed by atoms with E-state index in [9.17, 15) is 13.5 Å². The molecule has 3 unspecified atom stereocenters. The Morgan fingerprint density at radius 3 is 2.55 bits per heavy atom. The topological polar surface area (TPSA) is 92.4 Å². The fraction of sp³-hybridized carbons (Fsp3) is 0.625. The van der Waals surface area contributed by atoms with Crippen molar-refractivity contribution in [2.24, 2.45) is 10.6 Å². The molecular weight excluding hydrogens is 300 g/mol. The highest BCUT2D eigenvalue weighted by Gasteiger charge is 2.35. The first kappa shape index (κ1) is 17.4. The molecule has 1 fully saturated rings. The molecule has 124 valence electrons. The molecule has 0 spiro atoms. The molecule has 0 aromatic heterocycles. The molecule has 1 aromatic rings. The van der Waals surface area contributed by atoms with E-state index in [1.807, 2.05) is 6.92 Å². The third-order valence-corrected chi connectivity index (χ3v) is 5.73. The predicted octanol–water partition coefficient (Wildman–Crippen LogP) is 1.93. The van der Waals surface area contributed by atoms with Crippen molar-refractivity contribution in [1.82, 2.24) is 5.32 Å². The number of sulfonamides is 1. The Morgan fingerprint density at radius 2 is 2.00 bits per heavy atom. The van der Waals surface area contributed by atoms with E-state index < -0.39 is 10.0 Å². The van der Waals surface area contributed by atoms with Gasteiger partial charge in [0.15, 0.2) is 0 Å². The van der Waals surface area contributed by atoms with Gasteiger partial charge in [0.05, 0.1) is 11.0 Å². The summed E-state index contributed by atoms with van der Waals surface area (Å²) in [5.41, 5.74) is 0.911. The number of primary sulfonamides is 1. The highest BCUT2D eigenvalue weighted by molar-refractivity contribution is 7.89. The van der Waals surface area contributed by atoms with Gasteiger partial charge < -0.3 is 10.4 Å². The molecule has 0 bridgehead atoms. The fourth-order valence-corrected chi connectivity index (χ4v) is 3.55. The smallest absolute Gasteiger partial charge is 0.238 e. The van der Waals surface area contributed by atoms with Crippen molar-refractivity contribution in [3.05, 3.63) is 29.8 Å². The lowest BCUT2D eigenvalue weighted by Crippen LogP contribution is -2.44. The Bertz CT molecular complexity index is 600. The highest BCUT2D eigenvalue weighted by atomic mass is 32.2. The lowest BCUT2D eigenvalue weighted by Gasteiger charge is -2.39. The molecule has 1 aliphatic carbocycles. The minimum Gasteiger partial charge on any atom is -0.393 e. The number of aliphatic hydroxyl groups is 1. The van der Waals surface area contributed by atoms with Gasteiger partial charge in [-0.1, -0.05) is 31.9 Å². The molecular formula is C16H26N2O3S. The van der Waals surface area contributed by atoms with Gasteiger partial charge in [-0.15, -0.1) is 0 Å². The van der Waals surface area contributed by atoms with Gasteiger partial charge >= 0.3 is 0 Å². The van der Waals surface area contributed by atoms with Crippen LogP contribution in [-0.4, -0.2) is 26.2 Å². The molecule has 4 N–H and O–H groups in total. The number of hydrogen-bond acceptors (Lipinski definition) is 4. The number of nitrogens with two attached hydrogens (primary N) is 1. The Labute approximate surface area is 133 Å². The van der Waals surface area contributed by atoms with Crippen molar-refractivity contribution in [2.75, 3.05) is 6.54 Å². The van der Waals surface area contributed by atoms with E-state index in [0.29, 0.717) is 0 Å². The van der Waals surface area contributed by atoms with E-state index in [1.54, 1.807) is 12.1 Å². The zero-order valence-electron chi connectivity index (χ0n) is 13.2. The van der Waals surface area contributed by atoms with Crippen molar-refractivity contribution in [1.29, 1.82) is 0 Å². The molecule has 1 aromatic carbocycles. The predicted molar refractivity (Wildman–Crippen MR) is 86.8 cm³/mol.